The maximum absolute atomic E-state index is 5.77. The Kier molecular flexibility index (Phi) is 13.5. The molecule has 0 amide bonds. The average Bonchev–Trinajstić information content (AvgIpc) is 2.00. The minimum atomic E-state index is 0.241. The van der Waals surface area contributed by atoms with Crippen LogP contribution in [0.5, 0.6) is 0 Å². The molecule has 0 heterocycles. The normalized spacial score (nSPS) is 17.6. The van der Waals surface area contributed by atoms with E-state index in [2.05, 4.69) is 181 Å². The molecule has 0 radical (unpaired) electrons. The molecule has 0 rings (SSSR count). The van der Waals surface area contributed by atoms with Crippen molar-refractivity contribution in [1.29, 1.82) is 0 Å². The lowest BCUT2D eigenvalue weighted by Gasteiger charge is -2.23. The van der Waals surface area contributed by atoms with Crippen LogP contribution in [-0.2, 0) is 4.74 Å². The van der Waals surface area contributed by atoms with Crippen molar-refractivity contribution in [3.05, 3.63) is 0 Å². The van der Waals surface area contributed by atoms with E-state index in [1.165, 1.54) is 0 Å². The van der Waals surface area contributed by atoms with Gasteiger partial charge in [0.1, 0.15) is -1.13 Å². The minimum absolute atomic E-state index is 0.241. The van der Waals surface area contributed by atoms with Crippen LogP contribution in [0.25, 0.3) is 0 Å². The fourth-order valence-corrected chi connectivity index (χ4v) is 2.05. The standard InChI is InChI=1S/C6H6I8O/c7-3(5(9,10)11)1-15-2-4(8)6(12,13)14/h3-4H,1-2H2. The Labute approximate surface area is 200 Å². The van der Waals surface area contributed by atoms with Gasteiger partial charge in [-0.15, -0.1) is 0 Å². The van der Waals surface area contributed by atoms with Crippen molar-refractivity contribution in [1.82, 2.24) is 0 Å². The van der Waals surface area contributed by atoms with Gasteiger partial charge in [0.05, 0.1) is 21.1 Å². The molecule has 0 aromatic heterocycles. The van der Waals surface area contributed by atoms with E-state index in [1.807, 2.05) is 0 Å². The molecule has 9 heteroatoms. The summed E-state index contributed by atoms with van der Waals surface area (Å²) in [6.45, 7) is 1.66. The van der Waals surface area contributed by atoms with Gasteiger partial charge in [0, 0.05) is 0 Å². The molecule has 0 aromatic rings. The summed E-state index contributed by atoms with van der Waals surface area (Å²) >= 11 is 19.7. The first-order valence-corrected chi connectivity index (χ1v) is 12.5. The quantitative estimate of drug-likeness (QED) is 0.218. The van der Waals surface area contributed by atoms with Crippen LogP contribution in [-0.4, -0.2) is 19.9 Å². The first-order chi connectivity index (χ1) is 6.55. The first-order valence-electron chi connectivity index (χ1n) is 3.54. The van der Waals surface area contributed by atoms with Crippen molar-refractivity contribution in [2.75, 3.05) is 13.2 Å². The Balaban J connectivity index is 3.81. The maximum atomic E-state index is 5.77. The molecule has 0 aliphatic carbocycles. The third-order valence-electron chi connectivity index (χ3n) is 1.24. The van der Waals surface area contributed by atoms with E-state index in [0.717, 1.165) is 13.2 Å². The van der Waals surface area contributed by atoms with E-state index in [1.54, 1.807) is 0 Å². The highest BCUT2D eigenvalue weighted by molar-refractivity contribution is 14.3. The summed E-state index contributed by atoms with van der Waals surface area (Å²) in [5.74, 6) is 0. The van der Waals surface area contributed by atoms with Crippen LogP contribution >= 0.6 is 181 Å². The summed E-state index contributed by atoms with van der Waals surface area (Å²) in [7, 11) is 0. The lowest BCUT2D eigenvalue weighted by molar-refractivity contribution is 0.146. The van der Waals surface area contributed by atoms with E-state index in [4.69, 9.17) is 4.74 Å². The Morgan fingerprint density at radius 1 is 0.733 bits per heavy atom. The molecular weight excluding hydrogens is 1100 g/mol. The van der Waals surface area contributed by atoms with Gasteiger partial charge >= 0.3 is 0 Å². The highest BCUT2D eigenvalue weighted by Gasteiger charge is 2.31. The first kappa shape index (κ1) is 20.8. The maximum Gasteiger partial charge on any atom is 0.138 e. The van der Waals surface area contributed by atoms with Gasteiger partial charge in [-0.05, 0) is 0 Å². The van der Waals surface area contributed by atoms with E-state index in [9.17, 15) is 0 Å². The minimum Gasteiger partial charge on any atom is -0.379 e. The van der Waals surface area contributed by atoms with Gasteiger partial charge in [-0.25, -0.2) is 0 Å². The number of alkyl halides is 8. The molecule has 0 saturated heterocycles. The second-order valence-electron chi connectivity index (χ2n) is 2.56. The number of hydrogen-bond donors (Lipinski definition) is 0. The van der Waals surface area contributed by atoms with Crippen LogP contribution in [0.4, 0.5) is 0 Å². The smallest absolute Gasteiger partial charge is 0.138 e. The molecule has 0 N–H and O–H groups in total. The van der Waals surface area contributed by atoms with E-state index >= 15 is 0 Å². The van der Waals surface area contributed by atoms with E-state index in [0.29, 0.717) is 7.85 Å². The largest absolute Gasteiger partial charge is 0.379 e. The molecule has 15 heavy (non-hydrogen) atoms. The summed E-state index contributed by atoms with van der Waals surface area (Å²) in [4.78, 5) is 0. The second-order valence-corrected chi connectivity index (χ2v) is 28.2. The van der Waals surface area contributed by atoms with Gasteiger partial charge in [0.15, 0.2) is 0 Å². The average molecular weight is 1110 g/mol. The van der Waals surface area contributed by atoms with Crippen LogP contribution in [0.15, 0.2) is 0 Å². The van der Waals surface area contributed by atoms with Crippen molar-refractivity contribution in [2.45, 2.75) is 6.72 Å². The third-order valence-corrected chi connectivity index (χ3v) is 15.5. The number of rotatable bonds is 6. The number of halogens is 8. The molecule has 0 saturated carbocycles. The van der Waals surface area contributed by atoms with Crippen LogP contribution in [0.3, 0.4) is 0 Å². The summed E-state index contributed by atoms with van der Waals surface area (Å²) in [6, 6.07) is 0. The Hall–Kier alpha value is 5.80. The van der Waals surface area contributed by atoms with Crippen molar-refractivity contribution < 1.29 is 4.74 Å². The Bertz CT molecular complexity index is 165. The van der Waals surface area contributed by atoms with Crippen molar-refractivity contribution in [3.8, 4) is 0 Å². The molecule has 0 bridgehead atoms. The fourth-order valence-electron chi connectivity index (χ4n) is 0.464. The van der Waals surface area contributed by atoms with Crippen LogP contribution in [0.1, 0.15) is 0 Å². The fraction of sp³-hybridized carbons (Fsp3) is 1.00. The molecule has 92 valence electrons. The lowest BCUT2D eigenvalue weighted by Crippen LogP contribution is -2.27. The van der Waals surface area contributed by atoms with Crippen LogP contribution < -0.4 is 0 Å². The lowest BCUT2D eigenvalue weighted by atomic mass is 10.5. The SMILES string of the molecule is IC(COCC(I)C(I)(I)I)C(I)(I)I. The van der Waals surface area contributed by atoms with Crippen molar-refractivity contribution in [3.63, 3.8) is 0 Å². The van der Waals surface area contributed by atoms with Crippen LogP contribution in [0, 0.1) is 0 Å². The van der Waals surface area contributed by atoms with Crippen molar-refractivity contribution >= 4 is 181 Å². The monoisotopic (exact) mass is 1110 g/mol. The number of hydrogen-bond acceptors (Lipinski definition) is 1. The molecule has 2 unspecified atom stereocenters. The predicted octanol–water partition coefficient (Wildman–Crippen LogP) is 6.53. The topological polar surface area (TPSA) is 9.23 Å². The van der Waals surface area contributed by atoms with E-state index < -0.39 is 0 Å². The molecule has 0 aromatic carbocycles. The van der Waals surface area contributed by atoms with Gasteiger partial charge in [-0.2, -0.15) is 0 Å². The van der Waals surface area contributed by atoms with Gasteiger partial charge in [0.2, 0.25) is 0 Å². The second kappa shape index (κ2) is 9.74. The molecule has 1 nitrogen and oxygen atoms in total. The highest BCUT2D eigenvalue weighted by Crippen LogP contribution is 2.44. The molecule has 0 aliphatic heterocycles. The van der Waals surface area contributed by atoms with E-state index in [-0.39, 0.29) is -1.13 Å². The summed E-state index contributed by atoms with van der Waals surface area (Å²) in [5, 5.41) is 0. The zero-order valence-corrected chi connectivity index (χ0v) is 24.3. The zero-order chi connectivity index (χ0) is 12.3. The van der Waals surface area contributed by atoms with Crippen LogP contribution in [0.2, 0.25) is 0 Å². The Morgan fingerprint density at radius 2 is 1.00 bits per heavy atom. The van der Waals surface area contributed by atoms with Gasteiger partial charge in [-0.3, -0.25) is 0 Å². The summed E-state index contributed by atoms with van der Waals surface area (Å²) in [6.07, 6.45) is 0. The summed E-state index contributed by atoms with van der Waals surface area (Å²) in [5.41, 5.74) is 0. The third kappa shape index (κ3) is 11.1. The predicted molar refractivity (Wildman–Crippen MR) is 136 cm³/mol. The molecule has 2 atom stereocenters. The molecule has 0 fully saturated rings. The highest BCUT2D eigenvalue weighted by atomic mass is 127. The molecule has 0 spiro atoms. The van der Waals surface area contributed by atoms with Gasteiger partial charge in [0.25, 0.3) is 0 Å². The summed E-state index contributed by atoms with van der Waals surface area (Å²) < 4.78 is 7.32. The molecule has 0 aliphatic rings. The van der Waals surface area contributed by atoms with Gasteiger partial charge in [-0.1, -0.05) is 181 Å². The number of ether oxygens (including phenoxy) is 1. The Morgan fingerprint density at radius 3 is 1.20 bits per heavy atom. The van der Waals surface area contributed by atoms with Crippen molar-refractivity contribution in [2.24, 2.45) is 0 Å². The molecular formula is C6H6I8O. The zero-order valence-electron chi connectivity index (χ0n) is 7.00. The van der Waals surface area contributed by atoms with Gasteiger partial charge < -0.3 is 4.74 Å².